The van der Waals surface area contributed by atoms with Crippen LogP contribution in [-0.2, 0) is 13.8 Å². The smallest absolute Gasteiger partial charge is 0.329 e. The minimum Gasteiger partial charge on any atom is -0.382 e. The minimum absolute atomic E-state index is 0.0982. The van der Waals surface area contributed by atoms with Crippen LogP contribution in [0.2, 0.25) is 0 Å². The van der Waals surface area contributed by atoms with Crippen molar-refractivity contribution in [3.8, 4) is 0 Å². The second-order valence-electron chi connectivity index (χ2n) is 4.59. The van der Waals surface area contributed by atoms with Crippen LogP contribution in [0.4, 0.5) is 5.82 Å². The van der Waals surface area contributed by atoms with Gasteiger partial charge >= 0.3 is 8.60 Å². The maximum Gasteiger partial charge on any atom is 0.329 e. The first-order valence-electron chi connectivity index (χ1n) is 6.43. The molecule has 1 aliphatic rings. The van der Waals surface area contributed by atoms with Crippen LogP contribution >= 0.6 is 8.60 Å². The molecule has 0 radical (unpaired) electrons. The SMILES string of the molecule is COP(O)OCC1CC[C@H](n2cnc3c(N)ncnc32)O1. The molecule has 0 aliphatic carbocycles. The first-order chi connectivity index (χ1) is 10.2. The van der Waals surface area contributed by atoms with E-state index in [0.29, 0.717) is 17.0 Å². The van der Waals surface area contributed by atoms with Gasteiger partial charge in [-0.05, 0) is 12.8 Å². The molecule has 10 heteroatoms. The van der Waals surface area contributed by atoms with Gasteiger partial charge in [0.05, 0.1) is 19.0 Å². The zero-order valence-electron chi connectivity index (χ0n) is 11.4. The van der Waals surface area contributed by atoms with E-state index in [4.69, 9.17) is 15.0 Å². The highest BCUT2D eigenvalue weighted by Gasteiger charge is 2.29. The van der Waals surface area contributed by atoms with Crippen molar-refractivity contribution in [2.24, 2.45) is 0 Å². The molecule has 0 spiro atoms. The van der Waals surface area contributed by atoms with Crippen molar-refractivity contribution in [3.05, 3.63) is 12.7 Å². The number of nitrogen functional groups attached to an aromatic ring is 1. The zero-order valence-corrected chi connectivity index (χ0v) is 12.3. The fourth-order valence-corrected chi connectivity index (χ4v) is 2.69. The second kappa shape index (κ2) is 6.17. The number of aromatic nitrogens is 4. The highest BCUT2D eigenvalue weighted by Crippen LogP contribution is 2.35. The molecule has 2 aromatic rings. The van der Waals surface area contributed by atoms with Gasteiger partial charge in [-0.1, -0.05) is 0 Å². The standard InChI is InChI=1S/C11H16N5O4P/c1-18-21(17)19-4-7-2-3-8(20-7)16-6-15-9-10(12)13-5-14-11(9)16/h5-8,17H,2-4H2,1H3,(H2,12,13,14)/t7?,8-,21?/m1/s1. The van der Waals surface area contributed by atoms with Crippen molar-refractivity contribution in [3.63, 3.8) is 0 Å². The molecule has 0 saturated carbocycles. The summed E-state index contributed by atoms with van der Waals surface area (Å²) in [6, 6.07) is 0. The maximum atomic E-state index is 9.26. The lowest BCUT2D eigenvalue weighted by molar-refractivity contribution is -0.0181. The van der Waals surface area contributed by atoms with Crippen molar-refractivity contribution in [1.29, 1.82) is 0 Å². The molecular weight excluding hydrogens is 297 g/mol. The van der Waals surface area contributed by atoms with Gasteiger partial charge in [0.1, 0.15) is 18.1 Å². The summed E-state index contributed by atoms with van der Waals surface area (Å²) in [5, 5.41) is 0. The molecule has 1 saturated heterocycles. The van der Waals surface area contributed by atoms with Crippen molar-refractivity contribution < 1.29 is 18.7 Å². The Morgan fingerprint density at radius 3 is 3.14 bits per heavy atom. The maximum absolute atomic E-state index is 9.26. The van der Waals surface area contributed by atoms with E-state index >= 15 is 0 Å². The number of nitrogens with two attached hydrogens (primary N) is 1. The van der Waals surface area contributed by atoms with Crippen LogP contribution in [-0.4, -0.2) is 44.2 Å². The Bertz CT molecular complexity index is 624. The van der Waals surface area contributed by atoms with Crippen molar-refractivity contribution >= 4 is 25.6 Å². The van der Waals surface area contributed by atoms with E-state index in [1.54, 1.807) is 6.33 Å². The summed E-state index contributed by atoms with van der Waals surface area (Å²) in [6.45, 7) is 0.288. The highest BCUT2D eigenvalue weighted by atomic mass is 31.2. The van der Waals surface area contributed by atoms with Gasteiger partial charge < -0.3 is 24.4 Å². The quantitative estimate of drug-likeness (QED) is 0.784. The third-order valence-corrected chi connectivity index (χ3v) is 3.99. The van der Waals surface area contributed by atoms with Crippen LogP contribution in [0.3, 0.4) is 0 Å². The molecule has 3 atom stereocenters. The Hall–Kier alpha value is -1.38. The Morgan fingerprint density at radius 1 is 1.48 bits per heavy atom. The van der Waals surface area contributed by atoms with Gasteiger partial charge in [0.2, 0.25) is 0 Å². The van der Waals surface area contributed by atoms with Crippen LogP contribution in [0, 0.1) is 0 Å². The Morgan fingerprint density at radius 2 is 2.33 bits per heavy atom. The molecule has 2 aromatic heterocycles. The van der Waals surface area contributed by atoms with Gasteiger partial charge in [-0.15, -0.1) is 0 Å². The predicted molar refractivity (Wildman–Crippen MR) is 75.0 cm³/mol. The number of anilines is 1. The fourth-order valence-electron chi connectivity index (χ4n) is 2.29. The number of rotatable bonds is 5. The molecule has 0 bridgehead atoms. The van der Waals surface area contributed by atoms with Gasteiger partial charge in [-0.3, -0.25) is 4.57 Å². The summed E-state index contributed by atoms with van der Waals surface area (Å²) in [7, 11) is -0.428. The zero-order chi connectivity index (χ0) is 14.8. The lowest BCUT2D eigenvalue weighted by atomic mass is 10.2. The average Bonchev–Trinajstić information content (AvgIpc) is 3.11. The van der Waals surface area contributed by atoms with E-state index in [-0.39, 0.29) is 18.9 Å². The van der Waals surface area contributed by atoms with E-state index in [1.807, 2.05) is 4.57 Å². The number of nitrogens with zero attached hydrogens (tertiary/aromatic N) is 4. The highest BCUT2D eigenvalue weighted by molar-refractivity contribution is 7.40. The van der Waals surface area contributed by atoms with Gasteiger partial charge in [0, 0.05) is 7.11 Å². The number of fused-ring (bicyclic) bond motifs is 1. The summed E-state index contributed by atoms with van der Waals surface area (Å²) in [5.41, 5.74) is 6.98. The fraction of sp³-hybridized carbons (Fsp3) is 0.545. The molecule has 9 nitrogen and oxygen atoms in total. The van der Waals surface area contributed by atoms with E-state index in [9.17, 15) is 4.89 Å². The van der Waals surface area contributed by atoms with E-state index in [2.05, 4.69) is 19.5 Å². The number of hydrogen-bond acceptors (Lipinski definition) is 8. The number of imidazole rings is 1. The molecule has 3 N–H and O–H groups in total. The monoisotopic (exact) mass is 313 g/mol. The van der Waals surface area contributed by atoms with E-state index < -0.39 is 8.60 Å². The van der Waals surface area contributed by atoms with Crippen molar-refractivity contribution in [2.75, 3.05) is 19.5 Å². The molecule has 21 heavy (non-hydrogen) atoms. The minimum atomic E-state index is -1.82. The van der Waals surface area contributed by atoms with Crippen LogP contribution in [0.25, 0.3) is 11.2 Å². The first kappa shape index (κ1) is 14.6. The van der Waals surface area contributed by atoms with Crippen molar-refractivity contribution in [1.82, 2.24) is 19.5 Å². The lowest BCUT2D eigenvalue weighted by Gasteiger charge is -2.16. The summed E-state index contributed by atoms with van der Waals surface area (Å²) in [5.74, 6) is 0.350. The van der Waals surface area contributed by atoms with E-state index in [1.165, 1.54) is 13.4 Å². The average molecular weight is 313 g/mol. The van der Waals surface area contributed by atoms with Gasteiger partial charge in [0.25, 0.3) is 0 Å². The summed E-state index contributed by atoms with van der Waals surface area (Å²) >= 11 is 0. The second-order valence-corrected chi connectivity index (χ2v) is 5.69. The summed E-state index contributed by atoms with van der Waals surface area (Å²) in [4.78, 5) is 21.6. The van der Waals surface area contributed by atoms with Gasteiger partial charge in [-0.2, -0.15) is 0 Å². The normalized spacial score (nSPS) is 23.7. The Kier molecular flexibility index (Phi) is 4.27. The van der Waals surface area contributed by atoms with Crippen LogP contribution in [0.5, 0.6) is 0 Å². The third-order valence-electron chi connectivity index (χ3n) is 3.31. The van der Waals surface area contributed by atoms with E-state index in [0.717, 1.165) is 12.8 Å². The van der Waals surface area contributed by atoms with Crippen LogP contribution < -0.4 is 5.73 Å². The Balaban J connectivity index is 1.69. The Labute approximate surface area is 122 Å². The number of hydrogen-bond donors (Lipinski definition) is 2. The topological polar surface area (TPSA) is 118 Å². The molecule has 2 unspecified atom stereocenters. The van der Waals surface area contributed by atoms with Crippen LogP contribution in [0.1, 0.15) is 19.1 Å². The number of ether oxygens (including phenoxy) is 1. The summed E-state index contributed by atoms with van der Waals surface area (Å²) in [6.07, 6.45) is 4.40. The van der Waals surface area contributed by atoms with Crippen molar-refractivity contribution in [2.45, 2.75) is 25.2 Å². The molecule has 114 valence electrons. The summed E-state index contributed by atoms with van der Waals surface area (Å²) < 4.78 is 17.6. The van der Waals surface area contributed by atoms with Crippen LogP contribution in [0.15, 0.2) is 12.7 Å². The molecule has 0 aromatic carbocycles. The largest absolute Gasteiger partial charge is 0.382 e. The molecule has 3 rings (SSSR count). The van der Waals surface area contributed by atoms with Gasteiger partial charge in [0.15, 0.2) is 11.5 Å². The predicted octanol–water partition coefficient (Wildman–Crippen LogP) is 0.968. The molecule has 3 heterocycles. The first-order valence-corrected chi connectivity index (χ1v) is 7.56. The third kappa shape index (κ3) is 2.97. The van der Waals surface area contributed by atoms with Gasteiger partial charge in [-0.25, -0.2) is 15.0 Å². The molecule has 1 aliphatic heterocycles. The molecule has 0 amide bonds. The molecular formula is C11H16N5O4P. The molecule has 1 fully saturated rings. The lowest BCUT2D eigenvalue weighted by Crippen LogP contribution is -2.15.